The highest BCUT2D eigenvalue weighted by Crippen LogP contribution is 2.36. The van der Waals surface area contributed by atoms with Crippen LogP contribution in [0, 0.1) is 0 Å². The maximum absolute atomic E-state index is 12.5. The standard InChI is InChI=1S/C13H6Cl4O3/c14-7-1-5(18)2-8(15)11(7)13(20)12-9(16)3-6(19)4-10(12)17/h1-4,18-19H. The van der Waals surface area contributed by atoms with Gasteiger partial charge in [0.1, 0.15) is 11.5 Å². The van der Waals surface area contributed by atoms with E-state index in [0.29, 0.717) is 0 Å². The SMILES string of the molecule is O=C(c1c(Cl)cc(O)cc1Cl)c1c(Cl)cc(O)cc1Cl. The molecule has 0 heterocycles. The van der Waals surface area contributed by atoms with E-state index in [9.17, 15) is 15.0 Å². The summed E-state index contributed by atoms with van der Waals surface area (Å²) in [6, 6.07) is 4.73. The number of carbonyl (C=O) groups is 1. The molecule has 0 aromatic heterocycles. The molecule has 0 saturated heterocycles. The maximum atomic E-state index is 12.5. The second-order valence-corrected chi connectivity index (χ2v) is 5.53. The van der Waals surface area contributed by atoms with Crippen molar-refractivity contribution in [3.05, 3.63) is 55.5 Å². The summed E-state index contributed by atoms with van der Waals surface area (Å²) in [7, 11) is 0. The highest BCUT2D eigenvalue weighted by molar-refractivity contribution is 6.45. The zero-order valence-electron chi connectivity index (χ0n) is 9.62. The second-order valence-electron chi connectivity index (χ2n) is 3.90. The van der Waals surface area contributed by atoms with Gasteiger partial charge >= 0.3 is 0 Å². The maximum Gasteiger partial charge on any atom is 0.199 e. The first-order valence-corrected chi connectivity index (χ1v) is 6.73. The van der Waals surface area contributed by atoms with Gasteiger partial charge in [-0.3, -0.25) is 4.79 Å². The number of carbonyl (C=O) groups excluding carboxylic acids is 1. The molecule has 0 fully saturated rings. The molecule has 0 atom stereocenters. The van der Waals surface area contributed by atoms with Crippen molar-refractivity contribution < 1.29 is 15.0 Å². The quantitative estimate of drug-likeness (QED) is 0.753. The number of ketones is 1. The summed E-state index contributed by atoms with van der Waals surface area (Å²) in [4.78, 5) is 12.5. The Morgan fingerprint density at radius 2 is 0.950 bits per heavy atom. The molecule has 7 heteroatoms. The van der Waals surface area contributed by atoms with Crippen LogP contribution in [0.5, 0.6) is 11.5 Å². The van der Waals surface area contributed by atoms with Crippen LogP contribution in [-0.4, -0.2) is 16.0 Å². The number of hydrogen-bond acceptors (Lipinski definition) is 3. The molecular weight excluding hydrogens is 346 g/mol. The van der Waals surface area contributed by atoms with Gasteiger partial charge in [0.05, 0.1) is 31.2 Å². The average molecular weight is 352 g/mol. The van der Waals surface area contributed by atoms with Crippen LogP contribution < -0.4 is 0 Å². The predicted molar refractivity (Wildman–Crippen MR) is 79.7 cm³/mol. The Morgan fingerprint density at radius 3 is 1.20 bits per heavy atom. The van der Waals surface area contributed by atoms with Crippen molar-refractivity contribution in [3.8, 4) is 11.5 Å². The molecule has 0 bridgehead atoms. The molecule has 2 N–H and O–H groups in total. The molecule has 0 radical (unpaired) electrons. The van der Waals surface area contributed by atoms with E-state index in [4.69, 9.17) is 46.4 Å². The van der Waals surface area contributed by atoms with Crippen molar-refractivity contribution in [2.75, 3.05) is 0 Å². The van der Waals surface area contributed by atoms with Gasteiger partial charge in [0, 0.05) is 0 Å². The Morgan fingerprint density at radius 1 is 0.700 bits per heavy atom. The Balaban J connectivity index is 2.64. The van der Waals surface area contributed by atoms with Crippen LogP contribution in [0.1, 0.15) is 15.9 Å². The highest BCUT2D eigenvalue weighted by atomic mass is 35.5. The summed E-state index contributed by atoms with van der Waals surface area (Å²) in [5.74, 6) is -0.936. The fraction of sp³-hybridized carbons (Fsp3) is 0. The minimum Gasteiger partial charge on any atom is -0.508 e. The van der Waals surface area contributed by atoms with Gasteiger partial charge in [-0.1, -0.05) is 46.4 Å². The van der Waals surface area contributed by atoms with E-state index in [2.05, 4.69) is 0 Å². The first-order chi connectivity index (χ1) is 9.31. The number of phenols is 2. The highest BCUT2D eigenvalue weighted by Gasteiger charge is 2.23. The Bertz CT molecular complexity index is 607. The van der Waals surface area contributed by atoms with E-state index in [1.165, 1.54) is 24.3 Å². The summed E-state index contributed by atoms with van der Waals surface area (Å²) < 4.78 is 0. The molecule has 2 aromatic rings. The van der Waals surface area contributed by atoms with E-state index in [1.807, 2.05) is 0 Å². The Hall–Kier alpha value is -1.13. The second kappa shape index (κ2) is 5.70. The third-order valence-corrected chi connectivity index (χ3v) is 3.70. The van der Waals surface area contributed by atoms with Crippen LogP contribution in [0.2, 0.25) is 20.1 Å². The van der Waals surface area contributed by atoms with Crippen LogP contribution in [0.4, 0.5) is 0 Å². The molecule has 2 rings (SSSR count). The summed E-state index contributed by atoms with van der Waals surface area (Å²) in [6.07, 6.45) is 0. The van der Waals surface area contributed by atoms with Gasteiger partial charge in [0.15, 0.2) is 5.78 Å². The molecule has 0 spiro atoms. The molecule has 3 nitrogen and oxygen atoms in total. The first-order valence-electron chi connectivity index (χ1n) is 5.22. The number of rotatable bonds is 2. The van der Waals surface area contributed by atoms with Gasteiger partial charge < -0.3 is 10.2 Å². The van der Waals surface area contributed by atoms with Crippen molar-refractivity contribution in [3.63, 3.8) is 0 Å². The topological polar surface area (TPSA) is 57.5 Å². The molecule has 0 unspecified atom stereocenters. The van der Waals surface area contributed by atoms with E-state index >= 15 is 0 Å². The van der Waals surface area contributed by atoms with Crippen molar-refractivity contribution in [2.45, 2.75) is 0 Å². The molecule has 0 aliphatic carbocycles. The zero-order valence-corrected chi connectivity index (χ0v) is 12.6. The third kappa shape index (κ3) is 2.81. The number of halogens is 4. The van der Waals surface area contributed by atoms with Gasteiger partial charge in [-0.05, 0) is 24.3 Å². The van der Waals surface area contributed by atoms with E-state index in [0.717, 1.165) is 0 Å². The lowest BCUT2D eigenvalue weighted by Crippen LogP contribution is -2.05. The lowest BCUT2D eigenvalue weighted by molar-refractivity contribution is 0.103. The van der Waals surface area contributed by atoms with Gasteiger partial charge in [-0.15, -0.1) is 0 Å². The van der Waals surface area contributed by atoms with Gasteiger partial charge in [-0.25, -0.2) is 0 Å². The smallest absolute Gasteiger partial charge is 0.199 e. The number of hydrogen-bond donors (Lipinski definition) is 2. The van der Waals surface area contributed by atoms with Crippen LogP contribution in [0.25, 0.3) is 0 Å². The van der Waals surface area contributed by atoms with Crippen LogP contribution in [0.3, 0.4) is 0 Å². The molecular formula is C13H6Cl4O3. The molecule has 0 aliphatic rings. The van der Waals surface area contributed by atoms with Crippen LogP contribution in [-0.2, 0) is 0 Å². The molecule has 0 aliphatic heterocycles. The lowest BCUT2D eigenvalue weighted by atomic mass is 10.0. The molecule has 2 aromatic carbocycles. The molecule has 104 valence electrons. The Kier molecular flexibility index (Phi) is 4.35. The summed E-state index contributed by atoms with van der Waals surface area (Å²) >= 11 is 23.7. The third-order valence-electron chi connectivity index (χ3n) is 2.51. The van der Waals surface area contributed by atoms with Crippen molar-refractivity contribution in [1.29, 1.82) is 0 Å². The minimum atomic E-state index is -0.602. The molecule has 0 saturated carbocycles. The lowest BCUT2D eigenvalue weighted by Gasteiger charge is -2.10. The zero-order chi connectivity index (χ0) is 15.0. The van der Waals surface area contributed by atoms with E-state index in [1.54, 1.807) is 0 Å². The number of benzene rings is 2. The number of phenolic OH excluding ortho intramolecular Hbond substituents is 2. The predicted octanol–water partition coefficient (Wildman–Crippen LogP) is 4.94. The van der Waals surface area contributed by atoms with Crippen molar-refractivity contribution in [1.82, 2.24) is 0 Å². The monoisotopic (exact) mass is 350 g/mol. The van der Waals surface area contributed by atoms with Gasteiger partial charge in [0.2, 0.25) is 0 Å². The fourth-order valence-electron chi connectivity index (χ4n) is 1.68. The first kappa shape index (κ1) is 15.3. The van der Waals surface area contributed by atoms with E-state index in [-0.39, 0.29) is 42.7 Å². The minimum absolute atomic E-state index is 0.0272. The summed E-state index contributed by atoms with van der Waals surface area (Å²) in [5, 5.41) is 18.6. The largest absolute Gasteiger partial charge is 0.508 e. The average Bonchev–Trinajstić information content (AvgIpc) is 2.25. The summed E-state index contributed by atoms with van der Waals surface area (Å²) in [6.45, 7) is 0. The summed E-state index contributed by atoms with van der Waals surface area (Å²) in [5.41, 5.74) is -0.0544. The van der Waals surface area contributed by atoms with Crippen molar-refractivity contribution in [2.24, 2.45) is 0 Å². The van der Waals surface area contributed by atoms with Gasteiger partial charge in [0.25, 0.3) is 0 Å². The van der Waals surface area contributed by atoms with Crippen LogP contribution >= 0.6 is 46.4 Å². The number of aromatic hydroxyl groups is 2. The normalized spacial score (nSPS) is 10.6. The molecule has 20 heavy (non-hydrogen) atoms. The van der Waals surface area contributed by atoms with Gasteiger partial charge in [-0.2, -0.15) is 0 Å². The van der Waals surface area contributed by atoms with Crippen LogP contribution in [0.15, 0.2) is 24.3 Å². The van der Waals surface area contributed by atoms with Crippen molar-refractivity contribution >= 4 is 52.2 Å². The molecule has 0 amide bonds. The fourth-order valence-corrected chi connectivity index (χ4v) is 2.97. The van der Waals surface area contributed by atoms with E-state index < -0.39 is 5.78 Å². The Labute approximate surface area is 134 Å².